The number of methoxy groups -OCH3 is 1. The smallest absolute Gasteiger partial charge is 0.255 e. The van der Waals surface area contributed by atoms with Gasteiger partial charge in [-0.3, -0.25) is 9.59 Å². The van der Waals surface area contributed by atoms with Crippen molar-refractivity contribution in [2.24, 2.45) is 5.92 Å². The second-order valence-electron chi connectivity index (χ2n) is 10.9. The van der Waals surface area contributed by atoms with Crippen LogP contribution in [-0.2, 0) is 20.7 Å². The maximum absolute atomic E-state index is 13.5. The molecule has 4 N–H and O–H groups in total. The van der Waals surface area contributed by atoms with Gasteiger partial charge in [-0.2, -0.15) is 0 Å². The Kier molecular flexibility index (Phi) is 8.07. The van der Waals surface area contributed by atoms with E-state index in [-0.39, 0.29) is 36.5 Å². The van der Waals surface area contributed by atoms with Crippen molar-refractivity contribution in [1.82, 2.24) is 20.9 Å². The number of carbonyl (C=O) groups excluding carboxylic acids is 2. The number of aromatic nitrogens is 1. The summed E-state index contributed by atoms with van der Waals surface area (Å²) in [5.41, 5.74) is 5.78. The standard InChI is InChI=1S/C30H40N4O4/c1-4-19-7-12-25(38-16-20-5-6-20)24(15-19)28-23-13-14-31-29(23)27(18(2)32-28)30(36)34-22-10-8-21(9-11-22)33-26(35)17-37-3/h7,12-15,20-22,28,31-32H,4-6,8-11,16-17H2,1-3H3,(H,33,35)(H,34,36). The monoisotopic (exact) mass is 520 g/mol. The highest BCUT2D eigenvalue weighted by molar-refractivity contribution is 6.20. The molecule has 1 aromatic heterocycles. The molecule has 1 aliphatic heterocycles. The molecule has 2 saturated carbocycles. The summed E-state index contributed by atoms with van der Waals surface area (Å²) in [6.45, 7) is 4.97. The van der Waals surface area contributed by atoms with E-state index in [1.165, 1.54) is 25.5 Å². The zero-order chi connectivity index (χ0) is 26.6. The quantitative estimate of drug-likeness (QED) is 0.379. The van der Waals surface area contributed by atoms with Gasteiger partial charge in [-0.05, 0) is 81.5 Å². The highest BCUT2D eigenvalue weighted by Crippen LogP contribution is 2.40. The topological polar surface area (TPSA) is 104 Å². The third-order valence-corrected chi connectivity index (χ3v) is 7.97. The molecular weight excluding hydrogens is 480 g/mol. The number of amides is 2. The minimum absolute atomic E-state index is 0.0727. The van der Waals surface area contributed by atoms with Crippen molar-refractivity contribution in [3.05, 3.63) is 58.5 Å². The van der Waals surface area contributed by atoms with Gasteiger partial charge >= 0.3 is 0 Å². The number of aryl methyl sites for hydroxylation is 1. The summed E-state index contributed by atoms with van der Waals surface area (Å²) in [5, 5.41) is 9.91. The Morgan fingerprint density at radius 3 is 2.42 bits per heavy atom. The van der Waals surface area contributed by atoms with E-state index in [4.69, 9.17) is 9.47 Å². The Labute approximate surface area is 224 Å². The molecule has 204 valence electrons. The Morgan fingerprint density at radius 1 is 1.00 bits per heavy atom. The molecule has 2 fully saturated rings. The lowest BCUT2D eigenvalue weighted by Crippen LogP contribution is -2.45. The molecule has 38 heavy (non-hydrogen) atoms. The Bertz CT molecular complexity index is 1190. The molecule has 2 amide bonds. The molecule has 1 unspecified atom stereocenters. The van der Waals surface area contributed by atoms with Crippen molar-refractivity contribution < 1.29 is 19.1 Å². The molecule has 1 aromatic carbocycles. The number of allylic oxidation sites excluding steroid dienone is 1. The molecule has 3 aliphatic rings. The van der Waals surface area contributed by atoms with Crippen LogP contribution >= 0.6 is 0 Å². The number of aromatic amines is 1. The number of H-pyrrole nitrogens is 1. The predicted octanol–water partition coefficient (Wildman–Crippen LogP) is 3.98. The second kappa shape index (κ2) is 11.6. The van der Waals surface area contributed by atoms with Crippen LogP contribution in [0.3, 0.4) is 0 Å². The lowest BCUT2D eigenvalue weighted by Gasteiger charge is -2.32. The van der Waals surface area contributed by atoms with Crippen LogP contribution in [0.15, 0.2) is 36.2 Å². The molecule has 0 saturated heterocycles. The number of rotatable bonds is 10. The van der Waals surface area contributed by atoms with Crippen molar-refractivity contribution >= 4 is 17.4 Å². The van der Waals surface area contributed by atoms with Crippen molar-refractivity contribution in [3.8, 4) is 5.75 Å². The zero-order valence-electron chi connectivity index (χ0n) is 22.7. The van der Waals surface area contributed by atoms with E-state index in [1.807, 2.05) is 13.1 Å². The van der Waals surface area contributed by atoms with Crippen molar-refractivity contribution in [3.63, 3.8) is 0 Å². The van der Waals surface area contributed by atoms with Crippen molar-refractivity contribution in [2.75, 3.05) is 20.3 Å². The molecule has 0 radical (unpaired) electrons. The first-order chi connectivity index (χ1) is 18.5. The molecule has 8 heteroatoms. The first-order valence-electron chi connectivity index (χ1n) is 14.0. The van der Waals surface area contributed by atoms with Crippen molar-refractivity contribution in [1.29, 1.82) is 0 Å². The van der Waals surface area contributed by atoms with E-state index in [1.54, 1.807) is 0 Å². The van der Waals surface area contributed by atoms with Crippen LogP contribution in [0.25, 0.3) is 5.57 Å². The zero-order valence-corrected chi connectivity index (χ0v) is 22.7. The first kappa shape index (κ1) is 26.4. The number of nitrogens with one attached hydrogen (secondary N) is 4. The van der Waals surface area contributed by atoms with Crippen LogP contribution in [0.1, 0.15) is 80.8 Å². The average Bonchev–Trinajstić information content (AvgIpc) is 3.62. The van der Waals surface area contributed by atoms with E-state index in [2.05, 4.69) is 52.1 Å². The summed E-state index contributed by atoms with van der Waals surface area (Å²) < 4.78 is 11.2. The van der Waals surface area contributed by atoms with Crippen LogP contribution in [-0.4, -0.2) is 49.2 Å². The number of fused-ring (bicyclic) bond motifs is 1. The van der Waals surface area contributed by atoms with Gasteiger partial charge in [-0.1, -0.05) is 13.0 Å². The molecule has 1 atom stereocenters. The van der Waals surface area contributed by atoms with Gasteiger partial charge in [0.25, 0.3) is 5.91 Å². The summed E-state index contributed by atoms with van der Waals surface area (Å²) in [4.78, 5) is 28.7. The minimum atomic E-state index is -0.0975. The molecule has 8 nitrogen and oxygen atoms in total. The molecule has 2 aromatic rings. The summed E-state index contributed by atoms with van der Waals surface area (Å²) in [7, 11) is 1.52. The highest BCUT2D eigenvalue weighted by Gasteiger charge is 2.33. The fraction of sp³-hybridized carbons (Fsp3) is 0.533. The second-order valence-corrected chi connectivity index (χ2v) is 10.9. The molecule has 2 heterocycles. The predicted molar refractivity (Wildman–Crippen MR) is 147 cm³/mol. The largest absolute Gasteiger partial charge is 0.493 e. The van der Waals surface area contributed by atoms with Gasteiger partial charge in [0.15, 0.2) is 0 Å². The lowest BCUT2D eigenvalue weighted by atomic mass is 9.88. The summed E-state index contributed by atoms with van der Waals surface area (Å²) in [6.07, 6.45) is 8.68. The molecular formula is C30H40N4O4. The SMILES string of the molecule is CCc1ccc(OCC2CC2)c(C2NC(C)=C(C(=O)NC3CCC(NC(=O)COC)CC3)c3[nH]ccc32)c1. The van der Waals surface area contributed by atoms with Crippen LogP contribution in [0.2, 0.25) is 0 Å². The van der Waals surface area contributed by atoms with Gasteiger partial charge in [-0.25, -0.2) is 0 Å². The van der Waals surface area contributed by atoms with Gasteiger partial charge in [-0.15, -0.1) is 0 Å². The number of carbonyl (C=O) groups is 2. The molecule has 5 rings (SSSR count). The van der Waals surface area contributed by atoms with E-state index in [0.29, 0.717) is 11.5 Å². The summed E-state index contributed by atoms with van der Waals surface area (Å²) in [5.74, 6) is 1.42. The highest BCUT2D eigenvalue weighted by atomic mass is 16.5. The van der Waals surface area contributed by atoms with Crippen LogP contribution < -0.4 is 20.7 Å². The van der Waals surface area contributed by atoms with Crippen LogP contribution in [0.5, 0.6) is 5.75 Å². The van der Waals surface area contributed by atoms with Gasteiger partial charge in [0.05, 0.1) is 23.9 Å². The summed E-state index contributed by atoms with van der Waals surface area (Å²) >= 11 is 0. The van der Waals surface area contributed by atoms with E-state index < -0.39 is 0 Å². The van der Waals surface area contributed by atoms with Gasteiger partial charge in [0.2, 0.25) is 5.91 Å². The number of hydrogen-bond acceptors (Lipinski definition) is 5. The fourth-order valence-electron chi connectivity index (χ4n) is 5.63. The average molecular weight is 521 g/mol. The first-order valence-corrected chi connectivity index (χ1v) is 14.0. The summed E-state index contributed by atoms with van der Waals surface area (Å²) in [6, 6.07) is 8.65. The van der Waals surface area contributed by atoms with Crippen LogP contribution in [0.4, 0.5) is 0 Å². The maximum Gasteiger partial charge on any atom is 0.255 e. The molecule has 0 bridgehead atoms. The number of hydrogen-bond donors (Lipinski definition) is 4. The normalized spacial score (nSPS) is 22.9. The Balaban J connectivity index is 1.30. The lowest BCUT2D eigenvalue weighted by molar-refractivity contribution is -0.125. The van der Waals surface area contributed by atoms with E-state index in [9.17, 15) is 9.59 Å². The van der Waals surface area contributed by atoms with Gasteiger partial charge in [0, 0.05) is 42.2 Å². The number of benzene rings is 1. The maximum atomic E-state index is 13.5. The fourth-order valence-corrected chi connectivity index (χ4v) is 5.63. The van der Waals surface area contributed by atoms with Crippen LogP contribution in [0, 0.1) is 5.92 Å². The number of ether oxygens (including phenoxy) is 2. The third kappa shape index (κ3) is 5.90. The van der Waals surface area contributed by atoms with Gasteiger partial charge in [0.1, 0.15) is 12.4 Å². The Hall–Kier alpha value is -3.26. The molecule has 0 spiro atoms. The minimum Gasteiger partial charge on any atom is -0.493 e. The third-order valence-electron chi connectivity index (χ3n) is 7.97. The Morgan fingerprint density at radius 2 is 1.74 bits per heavy atom. The van der Waals surface area contributed by atoms with E-state index >= 15 is 0 Å². The van der Waals surface area contributed by atoms with Gasteiger partial charge < -0.3 is 30.4 Å². The van der Waals surface area contributed by atoms with Crippen molar-refractivity contribution in [2.45, 2.75) is 76.9 Å². The molecule has 2 aliphatic carbocycles. The van der Waals surface area contributed by atoms with E-state index in [0.717, 1.165) is 67.0 Å².